The van der Waals surface area contributed by atoms with E-state index < -0.39 is 0 Å². The number of hydrogen-bond acceptors (Lipinski definition) is 4. The zero-order chi connectivity index (χ0) is 12.5. The number of unbranched alkanes of at least 4 members (excludes halogenated alkanes) is 3. The number of aromatic nitrogens is 1. The lowest BCUT2D eigenvalue weighted by Gasteiger charge is -2.14. The van der Waals surface area contributed by atoms with Gasteiger partial charge in [-0.05, 0) is 25.8 Å². The van der Waals surface area contributed by atoms with Crippen LogP contribution in [0.1, 0.15) is 46.0 Å². The van der Waals surface area contributed by atoms with Gasteiger partial charge >= 0.3 is 0 Å². The summed E-state index contributed by atoms with van der Waals surface area (Å²) >= 11 is 0. The molecular formula is C13H23N3O. The summed E-state index contributed by atoms with van der Waals surface area (Å²) in [6.45, 7) is 4.30. The average molecular weight is 237 g/mol. The molecule has 0 aliphatic carbocycles. The quantitative estimate of drug-likeness (QED) is 0.414. The molecule has 0 fully saturated rings. The van der Waals surface area contributed by atoms with E-state index in [4.69, 9.17) is 10.6 Å². The van der Waals surface area contributed by atoms with Crippen LogP contribution in [-0.4, -0.2) is 11.1 Å². The summed E-state index contributed by atoms with van der Waals surface area (Å²) in [7, 11) is 0. The van der Waals surface area contributed by atoms with E-state index in [-0.39, 0.29) is 6.10 Å². The maximum atomic E-state index is 5.73. The van der Waals surface area contributed by atoms with Gasteiger partial charge in [0, 0.05) is 6.07 Å². The summed E-state index contributed by atoms with van der Waals surface area (Å²) < 4.78 is 5.73. The summed E-state index contributed by atoms with van der Waals surface area (Å²) in [6, 6.07) is 5.53. The van der Waals surface area contributed by atoms with Crippen LogP contribution in [0.15, 0.2) is 18.2 Å². The normalized spacial score (nSPS) is 12.2. The molecule has 0 aromatic carbocycles. The number of rotatable bonds is 8. The van der Waals surface area contributed by atoms with E-state index in [9.17, 15) is 0 Å². The van der Waals surface area contributed by atoms with Crippen LogP contribution in [0.2, 0.25) is 0 Å². The molecule has 0 saturated carbocycles. The van der Waals surface area contributed by atoms with E-state index in [1.54, 1.807) is 6.07 Å². The molecule has 0 saturated heterocycles. The number of nitrogens with zero attached hydrogens (tertiary/aromatic N) is 1. The number of hydrazine groups is 1. The van der Waals surface area contributed by atoms with Crippen molar-refractivity contribution in [2.24, 2.45) is 5.84 Å². The summed E-state index contributed by atoms with van der Waals surface area (Å²) in [5, 5.41) is 0. The predicted molar refractivity (Wildman–Crippen MR) is 70.9 cm³/mol. The molecule has 0 amide bonds. The second kappa shape index (κ2) is 7.90. The van der Waals surface area contributed by atoms with Crippen LogP contribution in [0.5, 0.6) is 5.88 Å². The molecule has 96 valence electrons. The molecule has 1 rings (SSSR count). The molecule has 0 aliphatic rings. The molecule has 0 bridgehead atoms. The van der Waals surface area contributed by atoms with E-state index in [0.717, 1.165) is 6.42 Å². The Kier molecular flexibility index (Phi) is 6.40. The predicted octanol–water partition coefficient (Wildman–Crippen LogP) is 3.10. The van der Waals surface area contributed by atoms with Gasteiger partial charge in [0.2, 0.25) is 5.88 Å². The smallest absolute Gasteiger partial charge is 0.215 e. The minimum atomic E-state index is 0.201. The fourth-order valence-electron chi connectivity index (χ4n) is 1.68. The van der Waals surface area contributed by atoms with Crippen molar-refractivity contribution < 1.29 is 4.74 Å². The molecule has 0 radical (unpaired) electrons. The van der Waals surface area contributed by atoms with Crippen molar-refractivity contribution in [3.05, 3.63) is 18.2 Å². The highest BCUT2D eigenvalue weighted by molar-refractivity contribution is 5.35. The molecular weight excluding hydrogens is 214 g/mol. The minimum Gasteiger partial charge on any atom is -0.475 e. The molecule has 1 atom stereocenters. The SMILES string of the molecule is CCCCCCC(C)Oc1cccc(NN)n1. The second-order valence-electron chi connectivity index (χ2n) is 4.28. The Hall–Kier alpha value is -1.29. The Morgan fingerprint density at radius 1 is 1.35 bits per heavy atom. The first-order valence-corrected chi connectivity index (χ1v) is 6.36. The van der Waals surface area contributed by atoms with E-state index in [0.29, 0.717) is 11.7 Å². The zero-order valence-corrected chi connectivity index (χ0v) is 10.8. The van der Waals surface area contributed by atoms with E-state index in [1.807, 2.05) is 12.1 Å². The van der Waals surface area contributed by atoms with Crippen LogP contribution < -0.4 is 16.0 Å². The van der Waals surface area contributed by atoms with Crippen molar-refractivity contribution in [1.29, 1.82) is 0 Å². The Morgan fingerprint density at radius 3 is 2.88 bits per heavy atom. The van der Waals surface area contributed by atoms with E-state index in [2.05, 4.69) is 24.3 Å². The fraction of sp³-hybridized carbons (Fsp3) is 0.615. The molecule has 1 aromatic heterocycles. The number of nitrogens with one attached hydrogen (secondary N) is 1. The monoisotopic (exact) mass is 237 g/mol. The number of anilines is 1. The van der Waals surface area contributed by atoms with Gasteiger partial charge < -0.3 is 10.2 Å². The Labute approximate surface area is 104 Å². The first-order chi connectivity index (χ1) is 8.26. The number of ether oxygens (including phenoxy) is 1. The van der Waals surface area contributed by atoms with Crippen molar-refractivity contribution in [2.75, 3.05) is 5.43 Å². The topological polar surface area (TPSA) is 60.2 Å². The first-order valence-electron chi connectivity index (χ1n) is 6.36. The number of pyridine rings is 1. The van der Waals surface area contributed by atoms with Gasteiger partial charge in [-0.25, -0.2) is 5.84 Å². The van der Waals surface area contributed by atoms with E-state index in [1.165, 1.54) is 25.7 Å². The Morgan fingerprint density at radius 2 is 2.18 bits per heavy atom. The zero-order valence-electron chi connectivity index (χ0n) is 10.8. The molecule has 0 spiro atoms. The minimum absolute atomic E-state index is 0.201. The Balaban J connectivity index is 2.31. The lowest BCUT2D eigenvalue weighted by molar-refractivity contribution is 0.198. The van der Waals surface area contributed by atoms with Gasteiger partial charge in [0.25, 0.3) is 0 Å². The summed E-state index contributed by atoms with van der Waals surface area (Å²) in [6.07, 6.45) is 6.33. The van der Waals surface area contributed by atoms with Gasteiger partial charge in [-0.2, -0.15) is 4.98 Å². The van der Waals surface area contributed by atoms with Crippen molar-refractivity contribution in [2.45, 2.75) is 52.1 Å². The van der Waals surface area contributed by atoms with Crippen LogP contribution in [0.3, 0.4) is 0 Å². The highest BCUT2D eigenvalue weighted by Gasteiger charge is 2.05. The second-order valence-corrected chi connectivity index (χ2v) is 4.28. The average Bonchev–Trinajstić information content (AvgIpc) is 2.35. The molecule has 3 N–H and O–H groups in total. The van der Waals surface area contributed by atoms with Crippen LogP contribution >= 0.6 is 0 Å². The maximum Gasteiger partial charge on any atom is 0.215 e. The molecule has 4 nitrogen and oxygen atoms in total. The standard InChI is InChI=1S/C13H23N3O/c1-3-4-5-6-8-11(2)17-13-10-7-9-12(15-13)16-14/h7,9-11H,3-6,8,14H2,1-2H3,(H,15,16). The van der Waals surface area contributed by atoms with Crippen molar-refractivity contribution >= 4 is 5.82 Å². The Bertz CT molecular complexity index is 317. The highest BCUT2D eigenvalue weighted by atomic mass is 16.5. The molecule has 17 heavy (non-hydrogen) atoms. The number of nitrogens with two attached hydrogens (primary N) is 1. The molecule has 4 heteroatoms. The van der Waals surface area contributed by atoms with Gasteiger partial charge in [0.15, 0.2) is 0 Å². The number of nitrogen functional groups attached to an aromatic ring is 1. The molecule has 1 aromatic rings. The molecule has 1 heterocycles. The van der Waals surface area contributed by atoms with Gasteiger partial charge in [0.05, 0.1) is 6.10 Å². The van der Waals surface area contributed by atoms with Crippen molar-refractivity contribution in [3.8, 4) is 5.88 Å². The third kappa shape index (κ3) is 5.54. The summed E-state index contributed by atoms with van der Waals surface area (Å²) in [5.41, 5.74) is 2.51. The van der Waals surface area contributed by atoms with Gasteiger partial charge in [-0.15, -0.1) is 0 Å². The van der Waals surface area contributed by atoms with Crippen LogP contribution in [0.4, 0.5) is 5.82 Å². The summed E-state index contributed by atoms with van der Waals surface area (Å²) in [5.74, 6) is 6.55. The van der Waals surface area contributed by atoms with Gasteiger partial charge in [0.1, 0.15) is 5.82 Å². The third-order valence-corrected chi connectivity index (χ3v) is 2.66. The van der Waals surface area contributed by atoms with Crippen LogP contribution in [-0.2, 0) is 0 Å². The van der Waals surface area contributed by atoms with Crippen LogP contribution in [0, 0.1) is 0 Å². The van der Waals surface area contributed by atoms with E-state index >= 15 is 0 Å². The number of hydrogen-bond donors (Lipinski definition) is 2. The third-order valence-electron chi connectivity index (χ3n) is 2.66. The van der Waals surface area contributed by atoms with Gasteiger partial charge in [-0.1, -0.05) is 32.3 Å². The van der Waals surface area contributed by atoms with Crippen molar-refractivity contribution in [3.63, 3.8) is 0 Å². The highest BCUT2D eigenvalue weighted by Crippen LogP contribution is 2.15. The van der Waals surface area contributed by atoms with Gasteiger partial charge in [-0.3, -0.25) is 0 Å². The molecule has 1 unspecified atom stereocenters. The summed E-state index contributed by atoms with van der Waals surface area (Å²) in [4.78, 5) is 4.22. The fourth-order valence-corrected chi connectivity index (χ4v) is 1.68. The molecule has 0 aliphatic heterocycles. The largest absolute Gasteiger partial charge is 0.475 e. The van der Waals surface area contributed by atoms with Crippen LogP contribution in [0.25, 0.3) is 0 Å². The first kappa shape index (κ1) is 13.8. The lowest BCUT2D eigenvalue weighted by Crippen LogP contribution is -2.14. The lowest BCUT2D eigenvalue weighted by atomic mass is 10.1. The van der Waals surface area contributed by atoms with Crippen molar-refractivity contribution in [1.82, 2.24) is 4.98 Å². The maximum absolute atomic E-state index is 5.73.